The Balaban J connectivity index is 2.49. The number of rotatable bonds is 2. The Morgan fingerprint density at radius 2 is 2.11 bits per heavy atom. The van der Waals surface area contributed by atoms with Gasteiger partial charge in [-0.3, -0.25) is 4.79 Å². The highest BCUT2D eigenvalue weighted by atomic mass is 16.5. The van der Waals surface area contributed by atoms with Crippen molar-refractivity contribution in [1.29, 1.82) is 0 Å². The zero-order valence-electron chi connectivity index (χ0n) is 10.1. The van der Waals surface area contributed by atoms with Gasteiger partial charge in [0.25, 0.3) is 0 Å². The monoisotopic (exact) mass is 248 g/mol. The van der Waals surface area contributed by atoms with Crippen molar-refractivity contribution in [3.05, 3.63) is 29.3 Å². The fourth-order valence-electron chi connectivity index (χ4n) is 1.67. The topological polar surface area (TPSA) is 61.8 Å². The quantitative estimate of drug-likeness (QED) is 0.587. The van der Waals surface area contributed by atoms with Gasteiger partial charge in [-0.05, 0) is 24.3 Å². The van der Waals surface area contributed by atoms with Crippen LogP contribution in [-0.2, 0) is 14.3 Å². The second kappa shape index (κ2) is 4.91. The number of esters is 2. The number of ether oxygens (including phenoxy) is 3. The first-order valence-corrected chi connectivity index (χ1v) is 5.31. The van der Waals surface area contributed by atoms with E-state index in [0.717, 1.165) is 0 Å². The zero-order chi connectivity index (χ0) is 13.1. The number of fused-ring (bicyclic) bond motifs is 1. The van der Waals surface area contributed by atoms with Crippen LogP contribution in [0.15, 0.2) is 23.8 Å². The minimum Gasteiger partial charge on any atom is -0.497 e. The van der Waals surface area contributed by atoms with Crippen LogP contribution in [0, 0.1) is 0 Å². The molecular weight excluding hydrogens is 236 g/mol. The Kier molecular flexibility index (Phi) is 3.32. The lowest BCUT2D eigenvalue weighted by atomic mass is 10.1. The molecule has 0 N–H and O–H groups in total. The van der Waals surface area contributed by atoms with E-state index in [1.807, 2.05) is 0 Å². The third kappa shape index (κ3) is 2.34. The second-order valence-corrected chi connectivity index (χ2v) is 3.72. The number of benzene rings is 1. The lowest BCUT2D eigenvalue weighted by molar-refractivity contribution is -0.139. The summed E-state index contributed by atoms with van der Waals surface area (Å²) in [4.78, 5) is 23.0. The number of hydrogen-bond acceptors (Lipinski definition) is 5. The molecule has 0 bridgehead atoms. The molecule has 0 unspecified atom stereocenters. The van der Waals surface area contributed by atoms with Gasteiger partial charge in [-0.15, -0.1) is 0 Å². The number of carbonyl (C=O) groups is 2. The molecular formula is C13H12O5. The fraction of sp³-hybridized carbons (Fsp3) is 0.231. The average molecular weight is 248 g/mol. The van der Waals surface area contributed by atoms with Gasteiger partial charge in [0.1, 0.15) is 11.5 Å². The summed E-state index contributed by atoms with van der Waals surface area (Å²) >= 11 is 0. The maximum atomic E-state index is 11.5. The van der Waals surface area contributed by atoms with Crippen LogP contribution in [0.25, 0.3) is 6.08 Å². The predicted octanol–water partition coefficient (Wildman–Crippen LogP) is 1.56. The molecule has 5 nitrogen and oxygen atoms in total. The number of methoxy groups -OCH3 is 2. The van der Waals surface area contributed by atoms with Crippen LogP contribution < -0.4 is 9.47 Å². The van der Waals surface area contributed by atoms with E-state index in [-0.39, 0.29) is 12.0 Å². The van der Waals surface area contributed by atoms with Crippen LogP contribution in [0.2, 0.25) is 0 Å². The lowest BCUT2D eigenvalue weighted by Crippen LogP contribution is -2.12. The first-order chi connectivity index (χ1) is 8.63. The highest BCUT2D eigenvalue weighted by Crippen LogP contribution is 2.30. The van der Waals surface area contributed by atoms with Gasteiger partial charge in [-0.2, -0.15) is 0 Å². The van der Waals surface area contributed by atoms with Crippen LogP contribution in [-0.4, -0.2) is 26.2 Å². The Labute approximate surface area is 104 Å². The molecule has 0 amide bonds. The predicted molar refractivity (Wildman–Crippen MR) is 63.2 cm³/mol. The number of hydrogen-bond donors (Lipinski definition) is 0. The molecule has 0 aliphatic carbocycles. The van der Waals surface area contributed by atoms with E-state index in [4.69, 9.17) is 9.47 Å². The molecule has 1 heterocycles. The molecule has 0 saturated heterocycles. The zero-order valence-corrected chi connectivity index (χ0v) is 10.1. The highest BCUT2D eigenvalue weighted by molar-refractivity contribution is 6.00. The van der Waals surface area contributed by atoms with Crippen molar-refractivity contribution < 1.29 is 23.8 Å². The van der Waals surface area contributed by atoms with E-state index >= 15 is 0 Å². The van der Waals surface area contributed by atoms with Gasteiger partial charge in [0, 0.05) is 11.1 Å². The van der Waals surface area contributed by atoms with Gasteiger partial charge in [0.15, 0.2) is 0 Å². The van der Waals surface area contributed by atoms with Gasteiger partial charge >= 0.3 is 11.9 Å². The van der Waals surface area contributed by atoms with Gasteiger partial charge in [0.05, 0.1) is 20.6 Å². The largest absolute Gasteiger partial charge is 0.497 e. The Morgan fingerprint density at radius 1 is 1.33 bits per heavy atom. The lowest BCUT2D eigenvalue weighted by Gasteiger charge is -2.06. The van der Waals surface area contributed by atoms with Crippen molar-refractivity contribution in [1.82, 2.24) is 0 Å². The van der Waals surface area contributed by atoms with E-state index in [1.54, 1.807) is 24.3 Å². The second-order valence-electron chi connectivity index (χ2n) is 3.72. The van der Waals surface area contributed by atoms with Crippen LogP contribution in [0.4, 0.5) is 0 Å². The SMILES string of the molecule is COC(=O)C1=Cc2cc(OC)ccc2OC(=O)C1. The third-order valence-electron chi connectivity index (χ3n) is 2.55. The molecule has 1 aromatic rings. The van der Waals surface area contributed by atoms with E-state index in [9.17, 15) is 9.59 Å². The summed E-state index contributed by atoms with van der Waals surface area (Å²) < 4.78 is 14.8. The summed E-state index contributed by atoms with van der Waals surface area (Å²) in [5, 5.41) is 0. The smallest absolute Gasteiger partial charge is 0.334 e. The molecule has 0 saturated carbocycles. The van der Waals surface area contributed by atoms with Crippen molar-refractivity contribution in [3.63, 3.8) is 0 Å². The first-order valence-electron chi connectivity index (χ1n) is 5.31. The van der Waals surface area contributed by atoms with Crippen molar-refractivity contribution in [2.24, 2.45) is 0 Å². The third-order valence-corrected chi connectivity index (χ3v) is 2.55. The van der Waals surface area contributed by atoms with E-state index in [2.05, 4.69) is 4.74 Å². The van der Waals surface area contributed by atoms with Gasteiger partial charge < -0.3 is 14.2 Å². The molecule has 5 heteroatoms. The minimum atomic E-state index is -0.539. The molecule has 1 aliphatic heterocycles. The molecule has 1 aromatic carbocycles. The fourth-order valence-corrected chi connectivity index (χ4v) is 1.67. The summed E-state index contributed by atoms with van der Waals surface area (Å²) in [6.07, 6.45) is 1.47. The van der Waals surface area contributed by atoms with Gasteiger partial charge in [-0.1, -0.05) is 0 Å². The standard InChI is InChI=1S/C13H12O5/c1-16-10-3-4-11-8(6-10)5-9(13(15)17-2)7-12(14)18-11/h3-6H,7H2,1-2H3. The maximum absolute atomic E-state index is 11.5. The molecule has 0 aromatic heterocycles. The molecule has 0 fully saturated rings. The number of carbonyl (C=O) groups excluding carboxylic acids is 2. The molecule has 0 spiro atoms. The molecule has 94 valence electrons. The van der Waals surface area contributed by atoms with Crippen molar-refractivity contribution >= 4 is 18.0 Å². The molecule has 0 radical (unpaired) electrons. The van der Waals surface area contributed by atoms with Crippen LogP contribution in [0.1, 0.15) is 12.0 Å². The van der Waals surface area contributed by atoms with Crippen LogP contribution in [0.3, 0.4) is 0 Å². The van der Waals surface area contributed by atoms with Crippen molar-refractivity contribution in [2.75, 3.05) is 14.2 Å². The molecule has 0 atom stereocenters. The van der Waals surface area contributed by atoms with Gasteiger partial charge in [0.2, 0.25) is 0 Å². The Bertz CT molecular complexity index is 530. The average Bonchev–Trinajstić information content (AvgIpc) is 2.54. The minimum absolute atomic E-state index is 0.107. The normalized spacial score (nSPS) is 13.9. The molecule has 18 heavy (non-hydrogen) atoms. The molecule has 1 aliphatic rings. The Hall–Kier alpha value is -2.30. The van der Waals surface area contributed by atoms with Crippen molar-refractivity contribution in [2.45, 2.75) is 6.42 Å². The summed E-state index contributed by atoms with van der Waals surface area (Å²) in [7, 11) is 2.81. The van der Waals surface area contributed by atoms with Gasteiger partial charge in [-0.25, -0.2) is 4.79 Å². The van der Waals surface area contributed by atoms with Crippen molar-refractivity contribution in [3.8, 4) is 11.5 Å². The maximum Gasteiger partial charge on any atom is 0.334 e. The molecule has 2 rings (SSSR count). The summed E-state index contributed by atoms with van der Waals surface area (Å²) in [5.41, 5.74) is 0.870. The summed E-state index contributed by atoms with van der Waals surface area (Å²) in [6, 6.07) is 5.00. The van der Waals surface area contributed by atoms with E-state index in [1.165, 1.54) is 14.2 Å². The first kappa shape index (κ1) is 12.2. The van der Waals surface area contributed by atoms with E-state index in [0.29, 0.717) is 17.1 Å². The highest BCUT2D eigenvalue weighted by Gasteiger charge is 2.21. The summed E-state index contributed by atoms with van der Waals surface area (Å²) in [6.45, 7) is 0. The van der Waals surface area contributed by atoms with E-state index < -0.39 is 11.9 Å². The van der Waals surface area contributed by atoms with Crippen LogP contribution in [0.5, 0.6) is 11.5 Å². The Morgan fingerprint density at radius 3 is 2.78 bits per heavy atom. The summed E-state index contributed by atoms with van der Waals surface area (Å²) in [5.74, 6) is -0.00921. The van der Waals surface area contributed by atoms with Crippen LogP contribution >= 0.6 is 0 Å².